The van der Waals surface area contributed by atoms with Crippen LogP contribution in [0.25, 0.3) is 0 Å². The lowest BCUT2D eigenvalue weighted by molar-refractivity contribution is 0.805. The quantitative estimate of drug-likeness (QED) is 0.488. The predicted octanol–water partition coefficient (Wildman–Crippen LogP) is 1.05. The molecule has 8 heavy (non-hydrogen) atoms. The Morgan fingerprint density at radius 2 is 2.62 bits per heavy atom. The van der Waals surface area contributed by atoms with Crippen LogP contribution in [0.3, 0.4) is 0 Å². The Balaban J connectivity index is 2.29. The number of nitrogens with one attached hydrogen (secondary N) is 1. The predicted molar refractivity (Wildman–Crippen MR) is 33.3 cm³/mol. The average molecular weight is 107 g/mol. The number of hydrogen-bond donors (Lipinski definition) is 1. The first-order valence-corrected chi connectivity index (χ1v) is 3.09. The van der Waals surface area contributed by atoms with E-state index in [9.17, 15) is 0 Å². The van der Waals surface area contributed by atoms with Gasteiger partial charge in [-0.3, -0.25) is 0 Å². The Hall–Kier alpha value is -0.720. The molecule has 0 amide bonds. The number of fused-ring (bicyclic) bond motifs is 1. The molecule has 1 N–H and O–H groups in total. The SMILES string of the molecule is C1=CC2CCNC2=C1. The van der Waals surface area contributed by atoms with E-state index in [-0.39, 0.29) is 0 Å². The van der Waals surface area contributed by atoms with Gasteiger partial charge in [0, 0.05) is 18.2 Å². The molecule has 0 aromatic carbocycles. The highest BCUT2D eigenvalue weighted by Gasteiger charge is 2.18. The maximum atomic E-state index is 3.32. The summed E-state index contributed by atoms with van der Waals surface area (Å²) < 4.78 is 0. The third-order valence-electron chi connectivity index (χ3n) is 1.80. The van der Waals surface area contributed by atoms with Gasteiger partial charge in [0.25, 0.3) is 0 Å². The molecule has 0 spiro atoms. The summed E-state index contributed by atoms with van der Waals surface area (Å²) in [5, 5.41) is 3.32. The molecule has 1 saturated heterocycles. The van der Waals surface area contributed by atoms with Gasteiger partial charge in [0.05, 0.1) is 0 Å². The Kier molecular flexibility index (Phi) is 0.720. The van der Waals surface area contributed by atoms with Crippen molar-refractivity contribution < 1.29 is 0 Å². The molecule has 1 aliphatic carbocycles. The Morgan fingerprint density at radius 3 is 3.50 bits per heavy atom. The van der Waals surface area contributed by atoms with E-state index >= 15 is 0 Å². The summed E-state index contributed by atoms with van der Waals surface area (Å²) in [6, 6.07) is 0. The fourth-order valence-electron chi connectivity index (χ4n) is 1.33. The molecule has 1 heteroatoms. The van der Waals surface area contributed by atoms with Crippen molar-refractivity contribution >= 4 is 0 Å². The van der Waals surface area contributed by atoms with Crippen LogP contribution in [-0.4, -0.2) is 6.54 Å². The molecule has 0 saturated carbocycles. The van der Waals surface area contributed by atoms with Gasteiger partial charge in [0.2, 0.25) is 0 Å². The first-order valence-electron chi connectivity index (χ1n) is 3.09. The minimum Gasteiger partial charge on any atom is -0.388 e. The van der Waals surface area contributed by atoms with Crippen LogP contribution in [0.2, 0.25) is 0 Å². The number of allylic oxidation sites excluding steroid dienone is 3. The van der Waals surface area contributed by atoms with Crippen molar-refractivity contribution in [2.45, 2.75) is 6.42 Å². The van der Waals surface area contributed by atoms with Crippen LogP contribution in [0, 0.1) is 5.92 Å². The number of rotatable bonds is 0. The van der Waals surface area contributed by atoms with Crippen molar-refractivity contribution in [3.63, 3.8) is 0 Å². The van der Waals surface area contributed by atoms with Gasteiger partial charge in [-0.05, 0) is 12.5 Å². The average Bonchev–Trinajstić information content (AvgIpc) is 2.15. The largest absolute Gasteiger partial charge is 0.388 e. The minimum atomic E-state index is 0.745. The van der Waals surface area contributed by atoms with Gasteiger partial charge in [-0.2, -0.15) is 0 Å². The summed E-state index contributed by atoms with van der Waals surface area (Å²) in [5.41, 5.74) is 1.42. The van der Waals surface area contributed by atoms with E-state index in [2.05, 4.69) is 23.5 Å². The molecule has 1 heterocycles. The van der Waals surface area contributed by atoms with E-state index in [1.165, 1.54) is 18.7 Å². The van der Waals surface area contributed by atoms with Crippen molar-refractivity contribution in [3.8, 4) is 0 Å². The van der Waals surface area contributed by atoms with E-state index in [1.807, 2.05) is 0 Å². The van der Waals surface area contributed by atoms with E-state index in [0.29, 0.717) is 0 Å². The molecular weight excluding hydrogens is 98.1 g/mol. The molecule has 1 atom stereocenters. The molecule has 42 valence electrons. The standard InChI is InChI=1S/C7H9N/c1-2-6-4-5-8-7(6)3-1/h1-3,6,8H,4-5H2. The molecule has 1 unspecified atom stereocenters. The minimum absolute atomic E-state index is 0.745. The molecule has 1 nitrogen and oxygen atoms in total. The van der Waals surface area contributed by atoms with Crippen LogP contribution >= 0.6 is 0 Å². The van der Waals surface area contributed by atoms with Crippen molar-refractivity contribution in [3.05, 3.63) is 23.9 Å². The van der Waals surface area contributed by atoms with Gasteiger partial charge in [-0.15, -0.1) is 0 Å². The highest BCUT2D eigenvalue weighted by molar-refractivity contribution is 5.28. The summed E-state index contributed by atoms with van der Waals surface area (Å²) in [7, 11) is 0. The van der Waals surface area contributed by atoms with Crippen molar-refractivity contribution in [1.29, 1.82) is 0 Å². The van der Waals surface area contributed by atoms with E-state index in [1.54, 1.807) is 0 Å². The zero-order valence-corrected chi connectivity index (χ0v) is 4.72. The van der Waals surface area contributed by atoms with Gasteiger partial charge in [-0.1, -0.05) is 12.2 Å². The zero-order chi connectivity index (χ0) is 5.40. The van der Waals surface area contributed by atoms with E-state index in [4.69, 9.17) is 0 Å². The summed E-state index contributed by atoms with van der Waals surface area (Å²) in [4.78, 5) is 0. The summed E-state index contributed by atoms with van der Waals surface area (Å²) >= 11 is 0. The second-order valence-corrected chi connectivity index (χ2v) is 2.33. The van der Waals surface area contributed by atoms with Crippen LogP contribution in [-0.2, 0) is 0 Å². The van der Waals surface area contributed by atoms with Crippen LogP contribution < -0.4 is 5.32 Å². The van der Waals surface area contributed by atoms with Crippen molar-refractivity contribution in [2.75, 3.05) is 6.54 Å². The fraction of sp³-hybridized carbons (Fsp3) is 0.429. The molecule has 0 bridgehead atoms. The van der Waals surface area contributed by atoms with Crippen LogP contribution in [0.4, 0.5) is 0 Å². The molecular formula is C7H9N. The molecule has 0 radical (unpaired) electrons. The normalized spacial score (nSPS) is 32.0. The summed E-state index contributed by atoms with van der Waals surface area (Å²) in [5.74, 6) is 0.745. The van der Waals surface area contributed by atoms with Crippen LogP contribution in [0.1, 0.15) is 6.42 Å². The monoisotopic (exact) mass is 107 g/mol. The third kappa shape index (κ3) is 0.414. The lowest BCUT2D eigenvalue weighted by atomic mass is 10.1. The second-order valence-electron chi connectivity index (χ2n) is 2.33. The summed E-state index contributed by atoms with van der Waals surface area (Å²) in [6.07, 6.45) is 7.85. The topological polar surface area (TPSA) is 12.0 Å². The highest BCUT2D eigenvalue weighted by Crippen LogP contribution is 2.24. The third-order valence-corrected chi connectivity index (χ3v) is 1.80. The summed E-state index contributed by atoms with van der Waals surface area (Å²) in [6.45, 7) is 1.17. The van der Waals surface area contributed by atoms with Crippen LogP contribution in [0.15, 0.2) is 23.9 Å². The molecule has 0 aromatic heterocycles. The Morgan fingerprint density at radius 1 is 1.62 bits per heavy atom. The second kappa shape index (κ2) is 1.38. The molecule has 1 fully saturated rings. The maximum Gasteiger partial charge on any atom is 0.0186 e. The van der Waals surface area contributed by atoms with Gasteiger partial charge < -0.3 is 5.32 Å². The Labute approximate surface area is 49.1 Å². The van der Waals surface area contributed by atoms with Gasteiger partial charge in [0.15, 0.2) is 0 Å². The lowest BCUT2D eigenvalue weighted by Gasteiger charge is -1.96. The van der Waals surface area contributed by atoms with Crippen LogP contribution in [0.5, 0.6) is 0 Å². The molecule has 0 aromatic rings. The maximum absolute atomic E-state index is 3.32. The lowest BCUT2D eigenvalue weighted by Crippen LogP contribution is -2.03. The fourth-order valence-corrected chi connectivity index (χ4v) is 1.33. The first-order chi connectivity index (χ1) is 3.97. The first kappa shape index (κ1) is 4.19. The van der Waals surface area contributed by atoms with E-state index in [0.717, 1.165) is 5.92 Å². The smallest absolute Gasteiger partial charge is 0.0186 e. The van der Waals surface area contributed by atoms with Gasteiger partial charge >= 0.3 is 0 Å². The molecule has 1 aliphatic heterocycles. The highest BCUT2D eigenvalue weighted by atomic mass is 14.9. The van der Waals surface area contributed by atoms with Gasteiger partial charge in [-0.25, -0.2) is 0 Å². The van der Waals surface area contributed by atoms with Crippen molar-refractivity contribution in [1.82, 2.24) is 5.32 Å². The number of hydrogen-bond acceptors (Lipinski definition) is 1. The Bertz CT molecular complexity index is 156. The van der Waals surface area contributed by atoms with E-state index < -0.39 is 0 Å². The molecule has 2 rings (SSSR count). The van der Waals surface area contributed by atoms with Crippen molar-refractivity contribution in [2.24, 2.45) is 5.92 Å². The van der Waals surface area contributed by atoms with Gasteiger partial charge in [0.1, 0.15) is 0 Å². The zero-order valence-electron chi connectivity index (χ0n) is 4.72. The molecule has 2 aliphatic rings.